The second-order valence-corrected chi connectivity index (χ2v) is 3.95. The highest BCUT2D eigenvalue weighted by Gasteiger charge is 2.35. The van der Waals surface area contributed by atoms with Crippen molar-refractivity contribution >= 4 is 22.4 Å². The van der Waals surface area contributed by atoms with Crippen LogP contribution in [-0.4, -0.2) is 21.6 Å². The largest absolute Gasteiger partial charge is 0.480 e. The predicted octanol–water partition coefficient (Wildman–Crippen LogP) is 2.20. The maximum absolute atomic E-state index is 11.1. The van der Waals surface area contributed by atoms with Crippen LogP contribution in [-0.2, 0) is 4.79 Å². The Bertz CT molecular complexity index is 294. The summed E-state index contributed by atoms with van der Waals surface area (Å²) in [5.41, 5.74) is -0.877. The summed E-state index contributed by atoms with van der Waals surface area (Å²) in [4.78, 5) is 15.1. The molecule has 0 aliphatic rings. The fourth-order valence-electron chi connectivity index (χ4n) is 1.27. The summed E-state index contributed by atoms with van der Waals surface area (Å²) in [6.07, 6.45) is 2.74. The van der Waals surface area contributed by atoms with Gasteiger partial charge >= 0.3 is 5.97 Å². The molecule has 1 rings (SSSR count). The summed E-state index contributed by atoms with van der Waals surface area (Å²) in [5, 5.41) is 14.6. The van der Waals surface area contributed by atoms with Crippen LogP contribution in [0.25, 0.3) is 0 Å². The topological polar surface area (TPSA) is 62.2 Å². The molecular weight excluding hydrogens is 200 g/mol. The van der Waals surface area contributed by atoms with Crippen molar-refractivity contribution in [3.8, 4) is 0 Å². The number of hydrogen-bond acceptors (Lipinski definition) is 4. The maximum atomic E-state index is 11.1. The molecule has 0 spiro atoms. The molecule has 0 fully saturated rings. The molecular formula is C9H14N2O2S. The van der Waals surface area contributed by atoms with Crippen LogP contribution < -0.4 is 5.32 Å². The third-order valence-corrected chi connectivity index (χ3v) is 3.08. The van der Waals surface area contributed by atoms with Gasteiger partial charge in [-0.15, -0.1) is 11.3 Å². The smallest absolute Gasteiger partial charge is 0.329 e. The minimum atomic E-state index is -0.877. The van der Waals surface area contributed by atoms with Gasteiger partial charge in [-0.25, -0.2) is 9.78 Å². The number of aliphatic carboxylic acids is 1. The van der Waals surface area contributed by atoms with E-state index in [1.54, 1.807) is 6.20 Å². The Morgan fingerprint density at radius 2 is 2.29 bits per heavy atom. The maximum Gasteiger partial charge on any atom is 0.329 e. The molecule has 14 heavy (non-hydrogen) atoms. The first-order chi connectivity index (χ1) is 6.64. The predicted molar refractivity (Wildman–Crippen MR) is 56.7 cm³/mol. The van der Waals surface area contributed by atoms with Crippen LogP contribution in [0.2, 0.25) is 0 Å². The third-order valence-electron chi connectivity index (χ3n) is 2.40. The van der Waals surface area contributed by atoms with E-state index in [9.17, 15) is 4.79 Å². The Kier molecular flexibility index (Phi) is 3.46. The number of hydrogen-bond donors (Lipinski definition) is 2. The van der Waals surface area contributed by atoms with Gasteiger partial charge in [-0.2, -0.15) is 0 Å². The number of carboxylic acids is 1. The van der Waals surface area contributed by atoms with E-state index in [-0.39, 0.29) is 0 Å². The Hall–Kier alpha value is -1.10. The average molecular weight is 214 g/mol. The lowest BCUT2D eigenvalue weighted by Gasteiger charge is -2.27. The molecule has 0 saturated carbocycles. The van der Waals surface area contributed by atoms with Crippen LogP contribution in [0.1, 0.15) is 26.7 Å². The van der Waals surface area contributed by atoms with E-state index in [1.807, 2.05) is 19.2 Å². The lowest BCUT2D eigenvalue weighted by atomic mass is 9.93. The van der Waals surface area contributed by atoms with E-state index in [1.165, 1.54) is 11.3 Å². The van der Waals surface area contributed by atoms with E-state index in [0.717, 1.165) is 0 Å². The van der Waals surface area contributed by atoms with Crippen molar-refractivity contribution in [2.24, 2.45) is 0 Å². The summed E-state index contributed by atoms with van der Waals surface area (Å²) < 4.78 is 0. The molecule has 4 nitrogen and oxygen atoms in total. The minimum absolute atomic E-state index is 0.540. The van der Waals surface area contributed by atoms with Gasteiger partial charge in [-0.3, -0.25) is 0 Å². The number of anilines is 1. The first kappa shape index (κ1) is 11.0. The zero-order valence-electron chi connectivity index (χ0n) is 8.28. The van der Waals surface area contributed by atoms with Crippen LogP contribution in [0.3, 0.4) is 0 Å². The summed E-state index contributed by atoms with van der Waals surface area (Å²) in [5.74, 6) is -0.822. The zero-order valence-corrected chi connectivity index (χ0v) is 9.10. The Morgan fingerprint density at radius 3 is 2.64 bits per heavy atom. The number of carboxylic acid groups (broad SMARTS) is 1. The van der Waals surface area contributed by atoms with Crippen molar-refractivity contribution < 1.29 is 9.90 Å². The van der Waals surface area contributed by atoms with Gasteiger partial charge in [0, 0.05) is 11.6 Å². The van der Waals surface area contributed by atoms with Crippen LogP contribution in [0.15, 0.2) is 11.6 Å². The van der Waals surface area contributed by atoms with Gasteiger partial charge in [0.2, 0.25) is 0 Å². The van der Waals surface area contributed by atoms with E-state index in [2.05, 4.69) is 10.3 Å². The van der Waals surface area contributed by atoms with Crippen molar-refractivity contribution in [1.82, 2.24) is 4.98 Å². The van der Waals surface area contributed by atoms with Crippen molar-refractivity contribution in [3.63, 3.8) is 0 Å². The lowest BCUT2D eigenvalue weighted by Crippen LogP contribution is -2.45. The highest BCUT2D eigenvalue weighted by molar-refractivity contribution is 7.13. The van der Waals surface area contributed by atoms with Crippen LogP contribution in [0.5, 0.6) is 0 Å². The number of thiazole rings is 1. The second-order valence-electron chi connectivity index (χ2n) is 3.06. The first-order valence-electron chi connectivity index (χ1n) is 4.55. The molecule has 0 amide bonds. The monoisotopic (exact) mass is 214 g/mol. The summed E-state index contributed by atoms with van der Waals surface area (Å²) >= 11 is 1.41. The van der Waals surface area contributed by atoms with Crippen LogP contribution in [0, 0.1) is 0 Å². The molecule has 0 unspecified atom stereocenters. The standard InChI is InChI=1S/C9H14N2O2S/c1-3-9(4-2,7(12)13)11-8-10-5-6-14-8/h5-6H,3-4H2,1-2H3,(H,10,11)(H,12,13). The first-order valence-corrected chi connectivity index (χ1v) is 5.43. The molecule has 5 heteroatoms. The SMILES string of the molecule is CCC(CC)(Nc1nccs1)C(=O)O. The van der Waals surface area contributed by atoms with Crippen molar-refractivity contribution in [2.75, 3.05) is 5.32 Å². The highest BCUT2D eigenvalue weighted by Crippen LogP contribution is 2.23. The zero-order chi connectivity index (χ0) is 10.6. The fourth-order valence-corrected chi connectivity index (χ4v) is 1.90. The van der Waals surface area contributed by atoms with E-state index < -0.39 is 11.5 Å². The summed E-state index contributed by atoms with van der Waals surface area (Å²) in [6.45, 7) is 3.72. The molecule has 0 aromatic carbocycles. The molecule has 0 aliphatic heterocycles. The highest BCUT2D eigenvalue weighted by atomic mass is 32.1. The molecule has 0 bridgehead atoms. The van der Waals surface area contributed by atoms with Gasteiger partial charge in [0.15, 0.2) is 5.13 Å². The molecule has 0 radical (unpaired) electrons. The van der Waals surface area contributed by atoms with E-state index in [4.69, 9.17) is 5.11 Å². The van der Waals surface area contributed by atoms with E-state index >= 15 is 0 Å². The van der Waals surface area contributed by atoms with Gasteiger partial charge < -0.3 is 10.4 Å². The Balaban J connectivity index is 2.83. The fraction of sp³-hybridized carbons (Fsp3) is 0.556. The van der Waals surface area contributed by atoms with Crippen LogP contribution >= 0.6 is 11.3 Å². The number of rotatable bonds is 5. The quantitative estimate of drug-likeness (QED) is 0.788. The van der Waals surface area contributed by atoms with Crippen molar-refractivity contribution in [2.45, 2.75) is 32.2 Å². The molecule has 1 aromatic rings. The molecule has 1 heterocycles. The molecule has 0 atom stereocenters. The molecule has 1 aromatic heterocycles. The Labute approximate surface area is 87.0 Å². The van der Waals surface area contributed by atoms with Gasteiger partial charge in [-0.05, 0) is 12.8 Å². The van der Waals surface area contributed by atoms with E-state index in [0.29, 0.717) is 18.0 Å². The van der Waals surface area contributed by atoms with Crippen molar-refractivity contribution in [1.29, 1.82) is 0 Å². The number of carbonyl (C=O) groups is 1. The van der Waals surface area contributed by atoms with Crippen molar-refractivity contribution in [3.05, 3.63) is 11.6 Å². The van der Waals surface area contributed by atoms with Gasteiger partial charge in [0.25, 0.3) is 0 Å². The average Bonchev–Trinajstić information content (AvgIpc) is 2.66. The molecule has 78 valence electrons. The lowest BCUT2D eigenvalue weighted by molar-refractivity contribution is -0.142. The van der Waals surface area contributed by atoms with Crippen LogP contribution in [0.4, 0.5) is 5.13 Å². The van der Waals surface area contributed by atoms with Gasteiger partial charge in [-0.1, -0.05) is 13.8 Å². The molecule has 2 N–H and O–H groups in total. The number of aromatic nitrogens is 1. The summed E-state index contributed by atoms with van der Waals surface area (Å²) in [6, 6.07) is 0. The Morgan fingerprint density at radius 1 is 1.64 bits per heavy atom. The molecule has 0 saturated heterocycles. The third kappa shape index (κ3) is 2.04. The molecule has 0 aliphatic carbocycles. The normalized spacial score (nSPS) is 11.3. The van der Waals surface area contributed by atoms with Gasteiger partial charge in [0.05, 0.1) is 0 Å². The minimum Gasteiger partial charge on any atom is -0.480 e. The number of nitrogens with zero attached hydrogens (tertiary/aromatic N) is 1. The number of nitrogens with one attached hydrogen (secondary N) is 1. The van der Waals surface area contributed by atoms with Gasteiger partial charge in [0.1, 0.15) is 5.54 Å². The summed E-state index contributed by atoms with van der Waals surface area (Å²) in [7, 11) is 0. The second kappa shape index (κ2) is 4.41.